The number of esters is 1. The second kappa shape index (κ2) is 13.4. The lowest BCUT2D eigenvalue weighted by molar-refractivity contribution is -0.148. The van der Waals surface area contributed by atoms with Crippen molar-refractivity contribution in [3.05, 3.63) is 108 Å². The van der Waals surface area contributed by atoms with Crippen LogP contribution in [0.2, 0.25) is 0 Å². The van der Waals surface area contributed by atoms with Gasteiger partial charge in [-0.05, 0) is 16.7 Å². The molecular formula is C27H30O5. The van der Waals surface area contributed by atoms with Gasteiger partial charge in [0.2, 0.25) is 0 Å². The van der Waals surface area contributed by atoms with Crippen LogP contribution in [0.4, 0.5) is 0 Å². The van der Waals surface area contributed by atoms with Crippen molar-refractivity contribution in [1.82, 2.24) is 0 Å². The standard InChI is InChI=1S/C27H30O5/c28-25(17-27(29)32-20-24-14-8-3-9-15-24)16-26(31-19-23-12-6-2-7-13-23)21-30-18-22-10-4-1-5-11-22/h1-15,25-26,28H,16-21H2/t25?,26-/m0/s1. The summed E-state index contributed by atoms with van der Waals surface area (Å²) in [6.07, 6.45) is -1.03. The first-order valence-corrected chi connectivity index (χ1v) is 10.8. The molecule has 168 valence electrons. The van der Waals surface area contributed by atoms with Crippen molar-refractivity contribution < 1.29 is 24.1 Å². The Morgan fingerprint density at radius 2 is 1.22 bits per heavy atom. The Kier molecular flexibility index (Phi) is 9.93. The summed E-state index contributed by atoms with van der Waals surface area (Å²) in [7, 11) is 0. The van der Waals surface area contributed by atoms with E-state index in [9.17, 15) is 9.90 Å². The molecule has 0 fully saturated rings. The van der Waals surface area contributed by atoms with Gasteiger partial charge >= 0.3 is 5.97 Å². The van der Waals surface area contributed by atoms with Crippen LogP contribution >= 0.6 is 0 Å². The maximum absolute atomic E-state index is 12.1. The Morgan fingerprint density at radius 1 is 0.719 bits per heavy atom. The average Bonchev–Trinajstić information content (AvgIpc) is 2.83. The fourth-order valence-corrected chi connectivity index (χ4v) is 3.23. The Labute approximate surface area is 189 Å². The average molecular weight is 435 g/mol. The van der Waals surface area contributed by atoms with Crippen LogP contribution in [0.1, 0.15) is 29.5 Å². The Balaban J connectivity index is 1.47. The van der Waals surface area contributed by atoms with Crippen molar-refractivity contribution in [3.63, 3.8) is 0 Å². The van der Waals surface area contributed by atoms with E-state index in [4.69, 9.17) is 14.2 Å². The molecule has 1 unspecified atom stereocenters. The zero-order chi connectivity index (χ0) is 22.4. The molecule has 2 atom stereocenters. The van der Waals surface area contributed by atoms with Crippen LogP contribution in [0.15, 0.2) is 91.0 Å². The fraction of sp³-hybridized carbons (Fsp3) is 0.296. The molecule has 32 heavy (non-hydrogen) atoms. The molecule has 3 aromatic carbocycles. The number of rotatable bonds is 13. The zero-order valence-corrected chi connectivity index (χ0v) is 18.1. The van der Waals surface area contributed by atoms with Crippen LogP contribution in [-0.2, 0) is 38.8 Å². The highest BCUT2D eigenvalue weighted by Gasteiger charge is 2.19. The van der Waals surface area contributed by atoms with Gasteiger partial charge in [-0.2, -0.15) is 0 Å². The normalized spacial score (nSPS) is 12.8. The van der Waals surface area contributed by atoms with Crippen molar-refractivity contribution in [3.8, 4) is 0 Å². The third-order valence-corrected chi connectivity index (χ3v) is 4.92. The van der Waals surface area contributed by atoms with Crippen molar-refractivity contribution in [1.29, 1.82) is 0 Å². The van der Waals surface area contributed by atoms with E-state index in [1.807, 2.05) is 91.0 Å². The minimum Gasteiger partial charge on any atom is -0.461 e. The third-order valence-electron chi connectivity index (χ3n) is 4.92. The Morgan fingerprint density at radius 3 is 1.78 bits per heavy atom. The third kappa shape index (κ3) is 9.02. The van der Waals surface area contributed by atoms with Gasteiger partial charge in [-0.1, -0.05) is 91.0 Å². The Bertz CT molecular complexity index is 899. The monoisotopic (exact) mass is 434 g/mol. The van der Waals surface area contributed by atoms with Crippen LogP contribution in [-0.4, -0.2) is 29.9 Å². The smallest absolute Gasteiger partial charge is 0.308 e. The van der Waals surface area contributed by atoms with Crippen molar-refractivity contribution in [2.24, 2.45) is 0 Å². The lowest BCUT2D eigenvalue weighted by Crippen LogP contribution is -2.27. The van der Waals surface area contributed by atoms with Crippen LogP contribution in [0.25, 0.3) is 0 Å². The highest BCUT2D eigenvalue weighted by molar-refractivity contribution is 5.69. The van der Waals surface area contributed by atoms with E-state index in [2.05, 4.69) is 0 Å². The van der Waals surface area contributed by atoms with E-state index in [-0.39, 0.29) is 25.6 Å². The molecule has 0 aromatic heterocycles. The van der Waals surface area contributed by atoms with Crippen LogP contribution in [0.5, 0.6) is 0 Å². The lowest BCUT2D eigenvalue weighted by Gasteiger charge is -2.21. The van der Waals surface area contributed by atoms with Gasteiger partial charge in [-0.25, -0.2) is 0 Å². The minimum atomic E-state index is -0.876. The first-order valence-electron chi connectivity index (χ1n) is 10.8. The van der Waals surface area contributed by atoms with E-state index < -0.39 is 12.1 Å². The van der Waals surface area contributed by atoms with Gasteiger partial charge in [-0.15, -0.1) is 0 Å². The molecule has 0 radical (unpaired) electrons. The zero-order valence-electron chi connectivity index (χ0n) is 18.1. The maximum atomic E-state index is 12.1. The van der Waals surface area contributed by atoms with Crippen LogP contribution in [0, 0.1) is 0 Å². The number of aliphatic hydroxyl groups excluding tert-OH is 1. The molecule has 0 saturated carbocycles. The summed E-state index contributed by atoms with van der Waals surface area (Å²) in [6.45, 7) is 1.38. The van der Waals surface area contributed by atoms with Crippen LogP contribution < -0.4 is 0 Å². The molecule has 0 aliphatic heterocycles. The van der Waals surface area contributed by atoms with Crippen LogP contribution in [0.3, 0.4) is 0 Å². The number of carbonyl (C=O) groups is 1. The largest absolute Gasteiger partial charge is 0.461 e. The molecule has 0 aliphatic rings. The second-order valence-electron chi connectivity index (χ2n) is 7.66. The van der Waals surface area contributed by atoms with E-state index in [0.29, 0.717) is 19.8 Å². The lowest BCUT2D eigenvalue weighted by atomic mass is 10.1. The minimum absolute atomic E-state index is 0.0866. The number of aliphatic hydroxyl groups is 1. The maximum Gasteiger partial charge on any atom is 0.308 e. The summed E-state index contributed by atoms with van der Waals surface area (Å²) in [5.41, 5.74) is 3.02. The molecule has 0 spiro atoms. The predicted octanol–water partition coefficient (Wildman–Crippen LogP) is 4.67. The van der Waals surface area contributed by atoms with Crippen molar-refractivity contribution >= 4 is 5.97 Å². The van der Waals surface area contributed by atoms with E-state index >= 15 is 0 Å². The topological polar surface area (TPSA) is 65.0 Å². The number of benzene rings is 3. The highest BCUT2D eigenvalue weighted by atomic mass is 16.5. The van der Waals surface area contributed by atoms with Gasteiger partial charge in [0, 0.05) is 6.42 Å². The second-order valence-corrected chi connectivity index (χ2v) is 7.66. The van der Waals surface area contributed by atoms with Gasteiger partial charge < -0.3 is 19.3 Å². The summed E-state index contributed by atoms with van der Waals surface area (Å²) in [4.78, 5) is 12.1. The summed E-state index contributed by atoms with van der Waals surface area (Å²) in [5.74, 6) is -0.437. The molecule has 0 saturated heterocycles. The molecule has 0 aliphatic carbocycles. The molecule has 0 bridgehead atoms. The summed E-state index contributed by atoms with van der Waals surface area (Å²) in [6, 6.07) is 29.2. The number of carbonyl (C=O) groups excluding carboxylic acids is 1. The summed E-state index contributed by atoms with van der Waals surface area (Å²) >= 11 is 0. The molecule has 3 aromatic rings. The quantitative estimate of drug-likeness (QED) is 0.396. The predicted molar refractivity (Wildman–Crippen MR) is 123 cm³/mol. The number of hydrogen-bond donors (Lipinski definition) is 1. The first kappa shape index (κ1) is 23.7. The van der Waals surface area contributed by atoms with E-state index in [1.54, 1.807) is 0 Å². The molecule has 5 heteroatoms. The van der Waals surface area contributed by atoms with Gasteiger partial charge in [0.15, 0.2) is 0 Å². The SMILES string of the molecule is O=C(CC(O)C[C@@H](COCc1ccccc1)OCc1ccccc1)OCc1ccccc1. The van der Waals surface area contributed by atoms with Gasteiger partial charge in [0.1, 0.15) is 6.61 Å². The van der Waals surface area contributed by atoms with Crippen molar-refractivity contribution in [2.45, 2.75) is 44.9 Å². The summed E-state index contributed by atoms with van der Waals surface area (Å²) in [5, 5.41) is 10.5. The molecule has 0 amide bonds. The van der Waals surface area contributed by atoms with Crippen molar-refractivity contribution in [2.75, 3.05) is 6.61 Å². The van der Waals surface area contributed by atoms with E-state index in [0.717, 1.165) is 16.7 Å². The summed E-state index contributed by atoms with van der Waals surface area (Å²) < 4.78 is 17.1. The molecule has 3 rings (SSSR count). The highest BCUT2D eigenvalue weighted by Crippen LogP contribution is 2.13. The molecular weight excluding hydrogens is 404 g/mol. The molecule has 0 heterocycles. The first-order chi connectivity index (χ1) is 15.7. The van der Waals surface area contributed by atoms with E-state index in [1.165, 1.54) is 0 Å². The number of hydrogen-bond acceptors (Lipinski definition) is 5. The Hall–Kier alpha value is -2.99. The van der Waals surface area contributed by atoms with Gasteiger partial charge in [-0.3, -0.25) is 4.79 Å². The van der Waals surface area contributed by atoms with Gasteiger partial charge in [0.05, 0.1) is 38.4 Å². The number of ether oxygens (including phenoxy) is 3. The van der Waals surface area contributed by atoms with Gasteiger partial charge in [0.25, 0.3) is 0 Å². The molecule has 5 nitrogen and oxygen atoms in total. The molecule has 1 N–H and O–H groups in total. The fourth-order valence-electron chi connectivity index (χ4n) is 3.23.